The second kappa shape index (κ2) is 7.18. The number of hydrogen-bond acceptors (Lipinski definition) is 5. The van der Waals surface area contributed by atoms with Gasteiger partial charge in [0.05, 0.1) is 4.92 Å². The Labute approximate surface area is 142 Å². The maximum atomic E-state index is 11.9. The standard InChI is InChI=1S/C17H13N5O3/c23-15(11-8-12-6-9-14(10-7-12)22(24)25)18-17-19-16(20-21-17)13-4-2-1-3-5-13/h1-11H,(H2,18,19,20,21,23)/b11-8+. The number of carbonyl (C=O) groups excluding carboxylic acids is 1. The van der Waals surface area contributed by atoms with Crippen LogP contribution in [0, 0.1) is 10.1 Å². The van der Waals surface area contributed by atoms with E-state index in [2.05, 4.69) is 20.5 Å². The predicted octanol–water partition coefficient (Wildman–Crippen LogP) is 3.03. The molecule has 1 aromatic heterocycles. The molecule has 3 aromatic rings. The van der Waals surface area contributed by atoms with E-state index < -0.39 is 10.8 Å². The molecule has 8 heteroatoms. The van der Waals surface area contributed by atoms with E-state index in [-0.39, 0.29) is 11.6 Å². The largest absolute Gasteiger partial charge is 0.290 e. The fourth-order valence-corrected chi connectivity index (χ4v) is 2.07. The summed E-state index contributed by atoms with van der Waals surface area (Å²) in [6.07, 6.45) is 2.85. The summed E-state index contributed by atoms with van der Waals surface area (Å²) in [5.74, 6) is 0.310. The topological polar surface area (TPSA) is 114 Å². The summed E-state index contributed by atoms with van der Waals surface area (Å²) in [6, 6.07) is 15.3. The predicted molar refractivity (Wildman–Crippen MR) is 92.6 cm³/mol. The Bertz CT molecular complexity index is 917. The van der Waals surface area contributed by atoms with E-state index in [4.69, 9.17) is 0 Å². The van der Waals surface area contributed by atoms with Gasteiger partial charge in [0, 0.05) is 23.8 Å². The summed E-state index contributed by atoms with van der Waals surface area (Å²) in [6.45, 7) is 0. The number of non-ortho nitro benzene ring substituents is 1. The minimum Gasteiger partial charge on any atom is -0.290 e. The first-order chi connectivity index (χ1) is 12.1. The summed E-state index contributed by atoms with van der Waals surface area (Å²) in [7, 11) is 0. The Morgan fingerprint density at radius 2 is 1.84 bits per heavy atom. The summed E-state index contributed by atoms with van der Waals surface area (Å²) in [5, 5.41) is 19.8. The van der Waals surface area contributed by atoms with Crippen molar-refractivity contribution in [1.82, 2.24) is 15.2 Å². The van der Waals surface area contributed by atoms with Crippen molar-refractivity contribution in [3.8, 4) is 11.4 Å². The van der Waals surface area contributed by atoms with E-state index >= 15 is 0 Å². The van der Waals surface area contributed by atoms with Crippen LogP contribution in [0.25, 0.3) is 17.5 Å². The maximum absolute atomic E-state index is 11.9. The van der Waals surface area contributed by atoms with E-state index in [1.807, 2.05) is 30.3 Å². The second-order valence-corrected chi connectivity index (χ2v) is 5.04. The molecule has 8 nitrogen and oxygen atoms in total. The molecule has 0 atom stereocenters. The average Bonchev–Trinajstić information content (AvgIpc) is 3.09. The first-order valence-corrected chi connectivity index (χ1v) is 7.33. The number of aromatic amines is 1. The molecule has 0 bridgehead atoms. The Morgan fingerprint density at radius 1 is 1.12 bits per heavy atom. The van der Waals surface area contributed by atoms with Crippen LogP contribution in [0.4, 0.5) is 11.6 Å². The fraction of sp³-hybridized carbons (Fsp3) is 0. The van der Waals surface area contributed by atoms with Gasteiger partial charge in [-0.1, -0.05) is 30.3 Å². The number of H-pyrrole nitrogens is 1. The number of amides is 1. The molecule has 124 valence electrons. The maximum Gasteiger partial charge on any atom is 0.269 e. The third kappa shape index (κ3) is 4.14. The molecule has 0 aliphatic heterocycles. The number of nitrogens with zero attached hydrogens (tertiary/aromatic N) is 3. The minimum absolute atomic E-state index is 0.00392. The number of rotatable bonds is 5. The van der Waals surface area contributed by atoms with Gasteiger partial charge in [0.15, 0.2) is 5.82 Å². The van der Waals surface area contributed by atoms with Crippen LogP contribution in [0.1, 0.15) is 5.56 Å². The number of nitrogens with one attached hydrogen (secondary N) is 2. The van der Waals surface area contributed by atoms with Crippen LogP contribution in [0.15, 0.2) is 60.7 Å². The molecule has 1 heterocycles. The van der Waals surface area contributed by atoms with Gasteiger partial charge in [-0.05, 0) is 23.8 Å². The lowest BCUT2D eigenvalue weighted by Crippen LogP contribution is -2.09. The molecular formula is C17H13N5O3. The van der Waals surface area contributed by atoms with E-state index in [0.717, 1.165) is 5.56 Å². The molecule has 0 fully saturated rings. The Hall–Kier alpha value is -3.81. The number of carbonyl (C=O) groups is 1. The molecule has 2 N–H and O–H groups in total. The van der Waals surface area contributed by atoms with Crippen molar-refractivity contribution in [3.63, 3.8) is 0 Å². The highest BCUT2D eigenvalue weighted by Gasteiger charge is 2.07. The van der Waals surface area contributed by atoms with Crippen LogP contribution in [0.5, 0.6) is 0 Å². The van der Waals surface area contributed by atoms with Crippen molar-refractivity contribution in [2.24, 2.45) is 0 Å². The van der Waals surface area contributed by atoms with Crippen molar-refractivity contribution in [2.45, 2.75) is 0 Å². The van der Waals surface area contributed by atoms with Crippen LogP contribution < -0.4 is 5.32 Å². The van der Waals surface area contributed by atoms with E-state index in [1.165, 1.54) is 18.2 Å². The van der Waals surface area contributed by atoms with E-state index in [1.54, 1.807) is 18.2 Å². The summed E-state index contributed by atoms with van der Waals surface area (Å²) < 4.78 is 0. The van der Waals surface area contributed by atoms with Crippen molar-refractivity contribution in [2.75, 3.05) is 5.32 Å². The van der Waals surface area contributed by atoms with Crippen molar-refractivity contribution in [3.05, 3.63) is 76.4 Å². The molecule has 0 saturated heterocycles. The molecule has 2 aromatic carbocycles. The van der Waals surface area contributed by atoms with E-state index in [0.29, 0.717) is 11.4 Å². The fourth-order valence-electron chi connectivity index (χ4n) is 2.07. The number of hydrogen-bond donors (Lipinski definition) is 2. The smallest absolute Gasteiger partial charge is 0.269 e. The Kier molecular flexibility index (Phi) is 4.61. The number of anilines is 1. The van der Waals surface area contributed by atoms with Crippen LogP contribution in [-0.2, 0) is 4.79 Å². The van der Waals surface area contributed by atoms with Crippen LogP contribution in [-0.4, -0.2) is 26.0 Å². The lowest BCUT2D eigenvalue weighted by molar-refractivity contribution is -0.384. The molecule has 0 spiro atoms. The first-order valence-electron chi connectivity index (χ1n) is 7.33. The number of aromatic nitrogens is 3. The minimum atomic E-state index is -0.478. The SMILES string of the molecule is O=C(/C=C/c1ccc([N+](=O)[O-])cc1)Nc1n[nH]c(-c2ccccc2)n1. The summed E-state index contributed by atoms with van der Waals surface area (Å²) in [5.41, 5.74) is 1.52. The third-order valence-electron chi connectivity index (χ3n) is 3.30. The lowest BCUT2D eigenvalue weighted by Gasteiger charge is -1.96. The summed E-state index contributed by atoms with van der Waals surface area (Å²) >= 11 is 0. The molecule has 0 aliphatic rings. The molecule has 0 aliphatic carbocycles. The van der Waals surface area contributed by atoms with Gasteiger partial charge in [-0.25, -0.2) is 0 Å². The highest BCUT2D eigenvalue weighted by molar-refractivity contribution is 6.00. The average molecular weight is 335 g/mol. The van der Waals surface area contributed by atoms with Crippen molar-refractivity contribution in [1.29, 1.82) is 0 Å². The Morgan fingerprint density at radius 3 is 2.52 bits per heavy atom. The van der Waals surface area contributed by atoms with Gasteiger partial charge in [-0.15, -0.1) is 5.10 Å². The van der Waals surface area contributed by atoms with Gasteiger partial charge >= 0.3 is 0 Å². The van der Waals surface area contributed by atoms with E-state index in [9.17, 15) is 14.9 Å². The van der Waals surface area contributed by atoms with Crippen molar-refractivity contribution < 1.29 is 9.72 Å². The number of benzene rings is 2. The monoisotopic (exact) mass is 335 g/mol. The zero-order valence-corrected chi connectivity index (χ0v) is 12.9. The zero-order chi connectivity index (χ0) is 17.6. The summed E-state index contributed by atoms with van der Waals surface area (Å²) in [4.78, 5) is 26.2. The van der Waals surface area contributed by atoms with Gasteiger partial charge in [0.25, 0.3) is 11.6 Å². The highest BCUT2D eigenvalue weighted by atomic mass is 16.6. The van der Waals surface area contributed by atoms with Gasteiger partial charge in [0.1, 0.15) is 0 Å². The molecule has 0 saturated carbocycles. The highest BCUT2D eigenvalue weighted by Crippen LogP contribution is 2.15. The molecule has 25 heavy (non-hydrogen) atoms. The quantitative estimate of drug-likeness (QED) is 0.422. The molecule has 0 unspecified atom stereocenters. The zero-order valence-electron chi connectivity index (χ0n) is 12.9. The van der Waals surface area contributed by atoms with Gasteiger partial charge < -0.3 is 0 Å². The molecule has 1 amide bonds. The normalized spacial score (nSPS) is 10.7. The molecule has 0 radical (unpaired) electrons. The van der Waals surface area contributed by atoms with Gasteiger partial charge in [0.2, 0.25) is 5.95 Å². The third-order valence-corrected chi connectivity index (χ3v) is 3.30. The number of nitro benzene ring substituents is 1. The van der Waals surface area contributed by atoms with Crippen LogP contribution in [0.3, 0.4) is 0 Å². The van der Waals surface area contributed by atoms with Crippen LogP contribution in [0.2, 0.25) is 0 Å². The second-order valence-electron chi connectivity index (χ2n) is 5.04. The van der Waals surface area contributed by atoms with Crippen LogP contribution >= 0.6 is 0 Å². The number of nitro groups is 1. The lowest BCUT2D eigenvalue weighted by atomic mass is 10.2. The van der Waals surface area contributed by atoms with Gasteiger partial charge in [-0.2, -0.15) is 4.98 Å². The molecular weight excluding hydrogens is 322 g/mol. The van der Waals surface area contributed by atoms with Gasteiger partial charge in [-0.3, -0.25) is 25.3 Å². The first kappa shape index (κ1) is 16.1. The molecule has 3 rings (SSSR count). The Balaban J connectivity index is 1.63. The van der Waals surface area contributed by atoms with Crippen molar-refractivity contribution >= 4 is 23.6 Å².